The number of thioether (sulfide) groups is 1. The van der Waals surface area contributed by atoms with Crippen LogP contribution in [-0.4, -0.2) is 62.2 Å². The van der Waals surface area contributed by atoms with Crippen LogP contribution in [0.15, 0.2) is 53.4 Å². The Morgan fingerprint density at radius 1 is 1.03 bits per heavy atom. The Kier molecular flexibility index (Phi) is 7.48. The number of rotatable bonds is 6. The minimum atomic E-state index is -0.673. The minimum Gasteiger partial charge on any atom is -0.367 e. The molecule has 0 aromatic heterocycles. The molecular formula is C21H25FN4O2S. The normalized spacial score (nSPS) is 14.5. The van der Waals surface area contributed by atoms with E-state index in [9.17, 15) is 14.0 Å². The molecule has 1 heterocycles. The molecule has 3 rings (SSSR count). The smallest absolute Gasteiger partial charge is 0.313 e. The van der Waals surface area contributed by atoms with Gasteiger partial charge in [0.25, 0.3) is 0 Å². The standard InChI is InChI=1S/C21H25FN4O2S/c1-29-17-6-4-5-16(15-17)24-21(28)20(27)23-9-10-25-11-13-26(14-12-25)19-8-3-2-7-18(19)22/h2-8,15H,9-14H2,1H3,(H,23,27)(H,24,28). The van der Waals surface area contributed by atoms with Crippen LogP contribution >= 0.6 is 11.8 Å². The second-order valence-corrected chi connectivity index (χ2v) is 7.60. The van der Waals surface area contributed by atoms with Crippen molar-refractivity contribution in [2.75, 3.05) is 55.7 Å². The summed E-state index contributed by atoms with van der Waals surface area (Å²) in [5.41, 5.74) is 1.23. The molecule has 29 heavy (non-hydrogen) atoms. The molecule has 0 unspecified atom stereocenters. The van der Waals surface area contributed by atoms with Gasteiger partial charge in [-0.1, -0.05) is 18.2 Å². The van der Waals surface area contributed by atoms with Crippen LogP contribution in [0.5, 0.6) is 0 Å². The third kappa shape index (κ3) is 5.95. The number of halogens is 1. The van der Waals surface area contributed by atoms with E-state index in [1.165, 1.54) is 6.07 Å². The fourth-order valence-corrected chi connectivity index (χ4v) is 3.68. The number of para-hydroxylation sites is 1. The van der Waals surface area contributed by atoms with Crippen LogP contribution in [0.25, 0.3) is 0 Å². The zero-order chi connectivity index (χ0) is 20.6. The van der Waals surface area contributed by atoms with Crippen molar-refractivity contribution in [2.45, 2.75) is 4.90 Å². The van der Waals surface area contributed by atoms with Gasteiger partial charge in [-0.15, -0.1) is 11.8 Å². The van der Waals surface area contributed by atoms with Crippen molar-refractivity contribution in [3.8, 4) is 0 Å². The SMILES string of the molecule is CSc1cccc(NC(=O)C(=O)NCCN2CCN(c3ccccc3F)CC2)c1. The summed E-state index contributed by atoms with van der Waals surface area (Å²) in [6.45, 7) is 4.03. The molecular weight excluding hydrogens is 391 g/mol. The fraction of sp³-hybridized carbons (Fsp3) is 0.333. The highest BCUT2D eigenvalue weighted by molar-refractivity contribution is 7.98. The van der Waals surface area contributed by atoms with Crippen molar-refractivity contribution in [3.63, 3.8) is 0 Å². The lowest BCUT2D eigenvalue weighted by atomic mass is 10.2. The van der Waals surface area contributed by atoms with E-state index in [4.69, 9.17) is 0 Å². The highest BCUT2D eigenvalue weighted by Crippen LogP contribution is 2.20. The zero-order valence-electron chi connectivity index (χ0n) is 16.4. The number of hydrogen-bond donors (Lipinski definition) is 2. The number of anilines is 2. The van der Waals surface area contributed by atoms with E-state index in [1.54, 1.807) is 30.0 Å². The van der Waals surface area contributed by atoms with Crippen molar-refractivity contribution in [1.82, 2.24) is 10.2 Å². The van der Waals surface area contributed by atoms with Gasteiger partial charge in [-0.25, -0.2) is 4.39 Å². The van der Waals surface area contributed by atoms with Gasteiger partial charge in [0.15, 0.2) is 0 Å². The zero-order valence-corrected chi connectivity index (χ0v) is 17.2. The monoisotopic (exact) mass is 416 g/mol. The van der Waals surface area contributed by atoms with E-state index in [1.807, 2.05) is 35.4 Å². The third-order valence-corrected chi connectivity index (χ3v) is 5.54. The molecule has 0 saturated carbocycles. The molecule has 8 heteroatoms. The molecule has 0 atom stereocenters. The second kappa shape index (κ2) is 10.3. The lowest BCUT2D eigenvalue weighted by Gasteiger charge is -2.36. The van der Waals surface area contributed by atoms with Gasteiger partial charge in [0.05, 0.1) is 5.69 Å². The van der Waals surface area contributed by atoms with Crippen LogP contribution in [0.1, 0.15) is 0 Å². The number of carbonyl (C=O) groups is 2. The number of carbonyl (C=O) groups excluding carboxylic acids is 2. The molecule has 1 aliphatic heterocycles. The molecule has 1 fully saturated rings. The van der Waals surface area contributed by atoms with Gasteiger partial charge in [-0.05, 0) is 36.6 Å². The highest BCUT2D eigenvalue weighted by atomic mass is 32.2. The maximum absolute atomic E-state index is 13.9. The number of piperazine rings is 1. The molecule has 0 radical (unpaired) electrons. The van der Waals surface area contributed by atoms with Crippen molar-refractivity contribution >= 4 is 35.0 Å². The van der Waals surface area contributed by atoms with Crippen LogP contribution < -0.4 is 15.5 Å². The van der Waals surface area contributed by atoms with E-state index >= 15 is 0 Å². The van der Waals surface area contributed by atoms with Gasteiger partial charge in [-0.2, -0.15) is 0 Å². The van der Waals surface area contributed by atoms with Crippen molar-refractivity contribution in [2.24, 2.45) is 0 Å². The molecule has 1 saturated heterocycles. The Labute approximate surface area is 174 Å². The first kappa shape index (κ1) is 21.1. The summed E-state index contributed by atoms with van der Waals surface area (Å²) in [5.74, 6) is -1.53. The number of benzene rings is 2. The van der Waals surface area contributed by atoms with Gasteiger partial charge in [0, 0.05) is 49.9 Å². The number of amides is 2. The molecule has 2 amide bonds. The topological polar surface area (TPSA) is 64.7 Å². The van der Waals surface area contributed by atoms with Gasteiger partial charge in [0.2, 0.25) is 0 Å². The van der Waals surface area contributed by atoms with E-state index in [-0.39, 0.29) is 5.82 Å². The van der Waals surface area contributed by atoms with Gasteiger partial charge in [0.1, 0.15) is 5.82 Å². The Balaban J connectivity index is 1.38. The summed E-state index contributed by atoms with van der Waals surface area (Å²) in [6.07, 6.45) is 1.95. The van der Waals surface area contributed by atoms with Gasteiger partial charge >= 0.3 is 11.8 Å². The maximum atomic E-state index is 13.9. The van der Waals surface area contributed by atoms with E-state index in [2.05, 4.69) is 15.5 Å². The van der Waals surface area contributed by atoms with Gasteiger partial charge in [-0.3, -0.25) is 14.5 Å². The van der Waals surface area contributed by atoms with Crippen molar-refractivity contribution < 1.29 is 14.0 Å². The average Bonchev–Trinajstić information content (AvgIpc) is 2.74. The number of nitrogens with one attached hydrogen (secondary N) is 2. The summed E-state index contributed by atoms with van der Waals surface area (Å²) >= 11 is 1.57. The number of nitrogens with zero attached hydrogens (tertiary/aromatic N) is 2. The van der Waals surface area contributed by atoms with Crippen LogP contribution in [0.2, 0.25) is 0 Å². The van der Waals surface area contributed by atoms with E-state index in [0.29, 0.717) is 24.5 Å². The van der Waals surface area contributed by atoms with Crippen molar-refractivity contribution in [1.29, 1.82) is 0 Å². The molecule has 0 bridgehead atoms. The lowest BCUT2D eigenvalue weighted by Crippen LogP contribution is -2.49. The first-order chi connectivity index (χ1) is 14.1. The van der Waals surface area contributed by atoms with E-state index in [0.717, 1.165) is 31.1 Å². The first-order valence-electron chi connectivity index (χ1n) is 9.52. The summed E-state index contributed by atoms with van der Waals surface area (Å²) in [5, 5.41) is 5.27. The third-order valence-electron chi connectivity index (χ3n) is 4.81. The van der Waals surface area contributed by atoms with Crippen molar-refractivity contribution in [3.05, 3.63) is 54.3 Å². The molecule has 154 valence electrons. The molecule has 0 spiro atoms. The quantitative estimate of drug-likeness (QED) is 0.559. The minimum absolute atomic E-state index is 0.206. The summed E-state index contributed by atoms with van der Waals surface area (Å²) < 4.78 is 13.9. The Bertz CT molecular complexity index is 856. The second-order valence-electron chi connectivity index (χ2n) is 6.72. The maximum Gasteiger partial charge on any atom is 0.313 e. The average molecular weight is 417 g/mol. The Hall–Kier alpha value is -2.58. The highest BCUT2D eigenvalue weighted by Gasteiger charge is 2.19. The summed E-state index contributed by atoms with van der Waals surface area (Å²) in [6, 6.07) is 14.1. The van der Waals surface area contributed by atoms with Crippen LogP contribution in [0.4, 0.5) is 15.8 Å². The van der Waals surface area contributed by atoms with Crippen LogP contribution in [-0.2, 0) is 9.59 Å². The predicted molar refractivity (Wildman–Crippen MR) is 115 cm³/mol. The fourth-order valence-electron chi connectivity index (χ4n) is 3.22. The molecule has 0 aliphatic carbocycles. The Morgan fingerprint density at radius 2 is 1.79 bits per heavy atom. The summed E-state index contributed by atoms with van der Waals surface area (Å²) in [4.78, 5) is 29.3. The predicted octanol–water partition coefficient (Wildman–Crippen LogP) is 2.42. The van der Waals surface area contributed by atoms with Crippen LogP contribution in [0.3, 0.4) is 0 Å². The summed E-state index contributed by atoms with van der Waals surface area (Å²) in [7, 11) is 0. The molecule has 1 aliphatic rings. The molecule has 2 aromatic carbocycles. The van der Waals surface area contributed by atoms with Gasteiger partial charge < -0.3 is 15.5 Å². The molecule has 2 aromatic rings. The molecule has 2 N–H and O–H groups in total. The molecule has 6 nitrogen and oxygen atoms in total. The Morgan fingerprint density at radius 3 is 2.52 bits per heavy atom. The first-order valence-corrected chi connectivity index (χ1v) is 10.7. The largest absolute Gasteiger partial charge is 0.367 e. The van der Waals surface area contributed by atoms with Crippen LogP contribution in [0, 0.1) is 5.82 Å². The number of hydrogen-bond acceptors (Lipinski definition) is 5. The lowest BCUT2D eigenvalue weighted by molar-refractivity contribution is -0.136. The van der Waals surface area contributed by atoms with E-state index < -0.39 is 11.8 Å².